The number of nitrogens with zero attached hydrogens (tertiary/aromatic N) is 5. The van der Waals surface area contributed by atoms with Crippen molar-refractivity contribution < 1.29 is 4.39 Å². The third kappa shape index (κ3) is 3.30. The summed E-state index contributed by atoms with van der Waals surface area (Å²) >= 11 is 12.7. The highest BCUT2D eigenvalue weighted by Gasteiger charge is 2.25. The molecule has 0 aliphatic heterocycles. The molecule has 134 valence electrons. The third-order valence-electron chi connectivity index (χ3n) is 3.68. The van der Waals surface area contributed by atoms with Crippen molar-refractivity contribution in [3.05, 3.63) is 65.3 Å². The highest BCUT2D eigenvalue weighted by molar-refractivity contribution is 6.36. The molecule has 0 bridgehead atoms. The Bertz CT molecular complexity index is 978. The van der Waals surface area contributed by atoms with E-state index in [0.717, 1.165) is 5.57 Å². The van der Waals surface area contributed by atoms with Gasteiger partial charge in [0, 0.05) is 18.7 Å². The predicted molar refractivity (Wildman–Crippen MR) is 103 cm³/mol. The Morgan fingerprint density at radius 1 is 1.35 bits per heavy atom. The second kappa shape index (κ2) is 7.43. The summed E-state index contributed by atoms with van der Waals surface area (Å²) < 4.78 is 16.2. The maximum Gasteiger partial charge on any atom is 0.255 e. The van der Waals surface area contributed by atoms with Crippen LogP contribution in [0.15, 0.2) is 49.3 Å². The molecule has 0 saturated heterocycles. The van der Waals surface area contributed by atoms with Gasteiger partial charge in [-0.15, -0.1) is 6.58 Å². The van der Waals surface area contributed by atoms with E-state index in [9.17, 15) is 4.39 Å². The summed E-state index contributed by atoms with van der Waals surface area (Å²) in [6, 6.07) is 4.46. The van der Waals surface area contributed by atoms with Crippen LogP contribution >= 0.6 is 23.2 Å². The lowest BCUT2D eigenvalue weighted by molar-refractivity contribution is 0.631. The zero-order chi connectivity index (χ0) is 18.8. The van der Waals surface area contributed by atoms with Gasteiger partial charge in [0.15, 0.2) is 0 Å². The van der Waals surface area contributed by atoms with Gasteiger partial charge >= 0.3 is 0 Å². The lowest BCUT2D eigenvalue weighted by Gasteiger charge is -2.27. The summed E-state index contributed by atoms with van der Waals surface area (Å²) in [5, 5.41) is 4.54. The normalized spacial score (nSPS) is 10.9. The Balaban J connectivity index is 2.40. The van der Waals surface area contributed by atoms with Crippen molar-refractivity contribution in [2.75, 3.05) is 18.0 Å². The molecule has 3 rings (SSSR count). The second-order valence-corrected chi connectivity index (χ2v) is 6.56. The van der Waals surface area contributed by atoms with Crippen molar-refractivity contribution in [2.45, 2.75) is 6.92 Å². The van der Waals surface area contributed by atoms with Crippen LogP contribution < -0.4 is 4.90 Å². The number of hydrogen-bond acceptors (Lipinski definition) is 4. The Labute approximate surface area is 160 Å². The van der Waals surface area contributed by atoms with E-state index in [4.69, 9.17) is 23.2 Å². The molecule has 1 aromatic carbocycles. The van der Waals surface area contributed by atoms with Gasteiger partial charge in [-0.25, -0.2) is 4.39 Å². The van der Waals surface area contributed by atoms with Gasteiger partial charge in [-0.05, 0) is 19.1 Å². The molecule has 0 amide bonds. The highest BCUT2D eigenvalue weighted by atomic mass is 35.5. The Morgan fingerprint density at radius 2 is 2.12 bits per heavy atom. The maximum atomic E-state index is 14.7. The molecule has 0 atom stereocenters. The molecule has 5 nitrogen and oxygen atoms in total. The van der Waals surface area contributed by atoms with Crippen molar-refractivity contribution in [1.82, 2.24) is 19.6 Å². The monoisotopic (exact) mass is 391 g/mol. The lowest BCUT2D eigenvalue weighted by atomic mass is 10.1. The van der Waals surface area contributed by atoms with E-state index in [1.807, 2.05) is 11.8 Å². The fourth-order valence-electron chi connectivity index (χ4n) is 2.75. The van der Waals surface area contributed by atoms with E-state index in [1.54, 1.807) is 12.1 Å². The van der Waals surface area contributed by atoms with E-state index < -0.39 is 5.82 Å². The molecule has 2 heterocycles. The smallest absolute Gasteiger partial charge is 0.255 e. The van der Waals surface area contributed by atoms with Gasteiger partial charge in [0.1, 0.15) is 23.1 Å². The van der Waals surface area contributed by atoms with Crippen molar-refractivity contribution in [3.63, 3.8) is 0 Å². The molecule has 0 saturated carbocycles. The number of hydrogen-bond donors (Lipinski definition) is 0. The van der Waals surface area contributed by atoms with E-state index in [-0.39, 0.29) is 15.7 Å². The van der Waals surface area contributed by atoms with Crippen molar-refractivity contribution in [1.29, 1.82) is 0 Å². The number of halogens is 3. The molecule has 0 spiro atoms. The van der Waals surface area contributed by atoms with Crippen LogP contribution in [0.5, 0.6) is 0 Å². The van der Waals surface area contributed by atoms with Gasteiger partial charge in [-0.2, -0.15) is 19.6 Å². The van der Waals surface area contributed by atoms with Crippen LogP contribution in [-0.4, -0.2) is 32.7 Å². The zero-order valence-electron chi connectivity index (χ0n) is 14.1. The molecule has 2 aromatic heterocycles. The molecule has 0 fully saturated rings. The first-order chi connectivity index (χ1) is 12.4. The minimum absolute atomic E-state index is 0.0864. The summed E-state index contributed by atoms with van der Waals surface area (Å²) in [4.78, 5) is 10.2. The Morgan fingerprint density at radius 3 is 2.77 bits per heavy atom. The largest absolute Gasteiger partial charge is 0.348 e. The van der Waals surface area contributed by atoms with Crippen LogP contribution in [0.3, 0.4) is 0 Å². The van der Waals surface area contributed by atoms with Gasteiger partial charge in [-0.1, -0.05) is 47.5 Å². The van der Waals surface area contributed by atoms with E-state index >= 15 is 0 Å². The second-order valence-electron chi connectivity index (χ2n) is 5.80. The average Bonchev–Trinajstić information content (AvgIpc) is 3.01. The number of rotatable bonds is 6. The van der Waals surface area contributed by atoms with Crippen LogP contribution in [0, 0.1) is 5.82 Å². The first-order valence-electron chi connectivity index (χ1n) is 7.78. The maximum absolute atomic E-state index is 14.7. The third-order valence-corrected chi connectivity index (χ3v) is 4.27. The van der Waals surface area contributed by atoms with Crippen LogP contribution in [0.25, 0.3) is 16.9 Å². The molecular weight excluding hydrogens is 376 g/mol. The molecule has 0 aliphatic carbocycles. The molecule has 26 heavy (non-hydrogen) atoms. The molecule has 0 N–H and O–H groups in total. The quantitative estimate of drug-likeness (QED) is 0.446. The average molecular weight is 392 g/mol. The SMILES string of the molecule is C=CCN(CC(=C)C)c1c(-c2c(F)cccc2Cl)c(Cl)nc2ncnn12. The van der Waals surface area contributed by atoms with Crippen LogP contribution in [0.4, 0.5) is 10.2 Å². The summed E-state index contributed by atoms with van der Waals surface area (Å²) in [6.07, 6.45) is 3.09. The Kier molecular flexibility index (Phi) is 5.25. The summed E-state index contributed by atoms with van der Waals surface area (Å²) in [7, 11) is 0. The topological polar surface area (TPSA) is 46.3 Å². The number of aromatic nitrogens is 4. The molecule has 8 heteroatoms. The van der Waals surface area contributed by atoms with Gasteiger partial charge < -0.3 is 4.90 Å². The lowest BCUT2D eigenvalue weighted by Crippen LogP contribution is -2.28. The minimum Gasteiger partial charge on any atom is -0.348 e. The fourth-order valence-corrected chi connectivity index (χ4v) is 3.27. The van der Waals surface area contributed by atoms with Crippen LogP contribution in [0.1, 0.15) is 6.92 Å². The van der Waals surface area contributed by atoms with E-state index in [1.165, 1.54) is 23.0 Å². The fraction of sp³-hybridized carbons (Fsp3) is 0.167. The number of benzene rings is 1. The summed E-state index contributed by atoms with van der Waals surface area (Å²) in [5.74, 6) is 0.320. The number of anilines is 1. The van der Waals surface area contributed by atoms with Crippen molar-refractivity contribution in [2.24, 2.45) is 0 Å². The van der Waals surface area contributed by atoms with Gasteiger partial charge in [-0.3, -0.25) is 0 Å². The Hall–Kier alpha value is -2.44. The molecule has 0 radical (unpaired) electrons. The molecule has 0 aliphatic rings. The van der Waals surface area contributed by atoms with E-state index in [2.05, 4.69) is 28.2 Å². The van der Waals surface area contributed by atoms with Gasteiger partial charge in [0.2, 0.25) is 0 Å². The minimum atomic E-state index is -0.504. The summed E-state index contributed by atoms with van der Waals surface area (Å²) in [6.45, 7) is 10.6. The summed E-state index contributed by atoms with van der Waals surface area (Å²) in [5.41, 5.74) is 1.41. The van der Waals surface area contributed by atoms with Crippen LogP contribution in [0.2, 0.25) is 10.2 Å². The number of fused-ring (bicyclic) bond motifs is 1. The standard InChI is InChI=1S/C18H16Cl2FN5/c1-4-8-25(9-11(2)3)17-15(14-12(19)6-5-7-13(14)21)16(20)24-18-22-10-23-26(17)18/h4-7,10H,1-2,8-9H2,3H3. The first kappa shape index (κ1) is 18.4. The molecule has 3 aromatic rings. The van der Waals surface area contributed by atoms with Crippen molar-refractivity contribution in [3.8, 4) is 11.1 Å². The molecule has 0 unspecified atom stereocenters. The van der Waals surface area contributed by atoms with E-state index in [0.29, 0.717) is 30.2 Å². The van der Waals surface area contributed by atoms with Gasteiger partial charge in [0.05, 0.1) is 10.6 Å². The van der Waals surface area contributed by atoms with Crippen LogP contribution in [-0.2, 0) is 0 Å². The zero-order valence-corrected chi connectivity index (χ0v) is 15.6. The first-order valence-corrected chi connectivity index (χ1v) is 8.53. The highest BCUT2D eigenvalue weighted by Crippen LogP contribution is 2.41. The van der Waals surface area contributed by atoms with Crippen molar-refractivity contribution >= 4 is 34.8 Å². The van der Waals surface area contributed by atoms with Gasteiger partial charge in [0.25, 0.3) is 5.78 Å². The molecular formula is C18H16Cl2FN5. The predicted octanol–water partition coefficient (Wildman–Crippen LogP) is 4.81.